The summed E-state index contributed by atoms with van der Waals surface area (Å²) in [5.41, 5.74) is 2.42. The molecule has 0 radical (unpaired) electrons. The van der Waals surface area contributed by atoms with Crippen LogP contribution in [0.15, 0.2) is 24.3 Å². The van der Waals surface area contributed by atoms with E-state index in [-0.39, 0.29) is 0 Å². The van der Waals surface area contributed by atoms with Crippen molar-refractivity contribution in [2.24, 2.45) is 0 Å². The van der Waals surface area contributed by atoms with Crippen LogP contribution in [-0.2, 0) is 0 Å². The summed E-state index contributed by atoms with van der Waals surface area (Å²) in [5.74, 6) is 0.543. The van der Waals surface area contributed by atoms with Crippen LogP contribution in [-0.4, -0.2) is 14.9 Å². The Balaban J connectivity index is 2.54. The summed E-state index contributed by atoms with van der Waals surface area (Å²) in [5, 5.41) is 10.4. The highest BCUT2D eigenvalue weighted by atomic mass is 35.5. The van der Waals surface area contributed by atoms with Crippen molar-refractivity contribution in [2.45, 2.75) is 13.8 Å². The van der Waals surface area contributed by atoms with E-state index in [9.17, 15) is 5.21 Å². The number of hydrogen-bond acceptors (Lipinski definition) is 2. The molecule has 4 heteroatoms. The van der Waals surface area contributed by atoms with Crippen molar-refractivity contribution in [1.29, 1.82) is 0 Å². The quantitative estimate of drug-likeness (QED) is 0.754. The monoisotopic (exact) mass is 222 g/mol. The molecule has 0 amide bonds. The molecule has 0 bridgehead atoms. The van der Waals surface area contributed by atoms with Gasteiger partial charge >= 0.3 is 0 Å². The molecule has 78 valence electrons. The van der Waals surface area contributed by atoms with Gasteiger partial charge in [-0.05, 0) is 38.1 Å². The summed E-state index contributed by atoms with van der Waals surface area (Å²) in [6.45, 7) is 3.68. The highest BCUT2D eigenvalue weighted by molar-refractivity contribution is 6.30. The van der Waals surface area contributed by atoms with E-state index in [4.69, 9.17) is 11.6 Å². The minimum atomic E-state index is 0.543. The molecule has 0 spiro atoms. The Morgan fingerprint density at radius 2 is 1.80 bits per heavy atom. The van der Waals surface area contributed by atoms with Gasteiger partial charge in [0.1, 0.15) is 0 Å². The van der Waals surface area contributed by atoms with Crippen LogP contribution in [0.4, 0.5) is 0 Å². The zero-order valence-corrected chi connectivity index (χ0v) is 9.28. The van der Waals surface area contributed by atoms with Crippen molar-refractivity contribution in [2.75, 3.05) is 0 Å². The molecule has 0 atom stereocenters. The highest BCUT2D eigenvalue weighted by Gasteiger charge is 2.11. The Morgan fingerprint density at radius 1 is 1.20 bits per heavy atom. The summed E-state index contributed by atoms with van der Waals surface area (Å²) in [4.78, 5) is 4.28. The molecule has 0 saturated carbocycles. The normalized spacial score (nSPS) is 10.6. The molecule has 0 saturated heterocycles. The number of rotatable bonds is 1. The minimum Gasteiger partial charge on any atom is -0.427 e. The average Bonchev–Trinajstić information content (AvgIpc) is 2.47. The molecule has 0 aliphatic rings. The Kier molecular flexibility index (Phi) is 2.40. The maximum atomic E-state index is 9.76. The number of hydrogen-bond donors (Lipinski definition) is 1. The maximum Gasteiger partial charge on any atom is 0.175 e. The van der Waals surface area contributed by atoms with Crippen molar-refractivity contribution < 1.29 is 5.21 Å². The second kappa shape index (κ2) is 3.59. The number of halogens is 1. The molecule has 15 heavy (non-hydrogen) atoms. The number of benzene rings is 1. The van der Waals surface area contributed by atoms with Gasteiger partial charge in [0.15, 0.2) is 5.82 Å². The van der Waals surface area contributed by atoms with Crippen LogP contribution in [0.25, 0.3) is 11.4 Å². The lowest BCUT2D eigenvalue weighted by Gasteiger charge is -2.01. The van der Waals surface area contributed by atoms with Gasteiger partial charge < -0.3 is 5.21 Å². The third-order valence-electron chi connectivity index (χ3n) is 2.42. The van der Waals surface area contributed by atoms with E-state index in [1.807, 2.05) is 26.0 Å². The molecule has 0 unspecified atom stereocenters. The lowest BCUT2D eigenvalue weighted by molar-refractivity contribution is 0.184. The van der Waals surface area contributed by atoms with Gasteiger partial charge in [0.2, 0.25) is 0 Å². The Bertz CT molecular complexity index is 488. The predicted molar refractivity (Wildman–Crippen MR) is 59.3 cm³/mol. The van der Waals surface area contributed by atoms with Crippen molar-refractivity contribution >= 4 is 11.6 Å². The van der Waals surface area contributed by atoms with Crippen molar-refractivity contribution in [3.63, 3.8) is 0 Å². The molecular formula is C11H11ClN2O. The van der Waals surface area contributed by atoms with Crippen LogP contribution in [0, 0.1) is 13.8 Å². The summed E-state index contributed by atoms with van der Waals surface area (Å²) in [6, 6.07) is 7.21. The zero-order chi connectivity index (χ0) is 11.0. The first-order valence-corrected chi connectivity index (χ1v) is 4.98. The second-order valence-electron chi connectivity index (χ2n) is 3.42. The number of aromatic nitrogens is 2. The summed E-state index contributed by atoms with van der Waals surface area (Å²) < 4.78 is 1.10. The fourth-order valence-corrected chi connectivity index (χ4v) is 1.51. The average molecular weight is 223 g/mol. The molecule has 2 rings (SSSR count). The zero-order valence-electron chi connectivity index (χ0n) is 8.53. The standard InChI is InChI=1S/C11H11ClN2O/c1-7-8(2)14(15)11(13-7)9-3-5-10(12)6-4-9/h3-6,15H,1-2H3. The summed E-state index contributed by atoms with van der Waals surface area (Å²) in [6.07, 6.45) is 0. The van der Waals surface area contributed by atoms with Crippen LogP contribution in [0.1, 0.15) is 11.4 Å². The van der Waals surface area contributed by atoms with Gasteiger partial charge in [-0.15, -0.1) is 0 Å². The first-order chi connectivity index (χ1) is 7.09. The van der Waals surface area contributed by atoms with Gasteiger partial charge in [-0.1, -0.05) is 11.6 Å². The van der Waals surface area contributed by atoms with Crippen LogP contribution < -0.4 is 0 Å². The van der Waals surface area contributed by atoms with Gasteiger partial charge in [-0.3, -0.25) is 0 Å². The van der Waals surface area contributed by atoms with Crippen LogP contribution in [0.3, 0.4) is 0 Å². The smallest absolute Gasteiger partial charge is 0.175 e. The van der Waals surface area contributed by atoms with E-state index >= 15 is 0 Å². The number of imidazole rings is 1. The Labute approximate surface area is 92.9 Å². The topological polar surface area (TPSA) is 38.0 Å². The lowest BCUT2D eigenvalue weighted by atomic mass is 10.2. The van der Waals surface area contributed by atoms with Gasteiger partial charge in [0, 0.05) is 10.6 Å². The van der Waals surface area contributed by atoms with Gasteiger partial charge in [0.25, 0.3) is 0 Å². The predicted octanol–water partition coefficient (Wildman–Crippen LogP) is 3.06. The third-order valence-corrected chi connectivity index (χ3v) is 2.67. The SMILES string of the molecule is Cc1nc(-c2ccc(Cl)cc2)n(O)c1C. The van der Waals surface area contributed by atoms with Gasteiger partial charge in [-0.2, -0.15) is 4.73 Å². The van der Waals surface area contributed by atoms with Crippen LogP contribution >= 0.6 is 11.6 Å². The lowest BCUT2D eigenvalue weighted by Crippen LogP contribution is -1.96. The molecule has 1 aromatic heterocycles. The first kappa shape index (κ1) is 10.1. The van der Waals surface area contributed by atoms with E-state index in [1.165, 1.54) is 0 Å². The van der Waals surface area contributed by atoms with Crippen LogP contribution in [0.2, 0.25) is 5.02 Å². The fraction of sp³-hybridized carbons (Fsp3) is 0.182. The van der Waals surface area contributed by atoms with E-state index in [0.717, 1.165) is 21.7 Å². The molecule has 0 aliphatic carbocycles. The Hall–Kier alpha value is -1.48. The largest absolute Gasteiger partial charge is 0.427 e. The van der Waals surface area contributed by atoms with Gasteiger partial charge in [-0.25, -0.2) is 4.98 Å². The van der Waals surface area contributed by atoms with E-state index in [0.29, 0.717) is 10.8 Å². The maximum absolute atomic E-state index is 9.76. The fourth-order valence-electron chi connectivity index (χ4n) is 1.39. The molecule has 2 aromatic rings. The number of nitrogens with zero attached hydrogens (tertiary/aromatic N) is 2. The molecule has 3 nitrogen and oxygen atoms in total. The highest BCUT2D eigenvalue weighted by Crippen LogP contribution is 2.22. The van der Waals surface area contributed by atoms with Crippen LogP contribution in [0.5, 0.6) is 0 Å². The second-order valence-corrected chi connectivity index (χ2v) is 3.86. The van der Waals surface area contributed by atoms with Gasteiger partial charge in [0.05, 0.1) is 11.4 Å². The summed E-state index contributed by atoms with van der Waals surface area (Å²) >= 11 is 5.79. The molecule has 1 heterocycles. The first-order valence-electron chi connectivity index (χ1n) is 4.60. The summed E-state index contributed by atoms with van der Waals surface area (Å²) in [7, 11) is 0. The van der Waals surface area contributed by atoms with Crippen molar-refractivity contribution in [1.82, 2.24) is 9.71 Å². The molecule has 0 fully saturated rings. The van der Waals surface area contributed by atoms with E-state index in [1.54, 1.807) is 12.1 Å². The molecule has 1 aromatic carbocycles. The molecule has 0 aliphatic heterocycles. The molecule has 1 N–H and O–H groups in total. The Morgan fingerprint density at radius 3 is 2.27 bits per heavy atom. The van der Waals surface area contributed by atoms with Crippen molar-refractivity contribution in [3.8, 4) is 11.4 Å². The molecular weight excluding hydrogens is 212 g/mol. The van der Waals surface area contributed by atoms with E-state index < -0.39 is 0 Å². The third kappa shape index (κ3) is 1.70. The minimum absolute atomic E-state index is 0.543. The number of aryl methyl sites for hydroxylation is 1. The van der Waals surface area contributed by atoms with Crippen molar-refractivity contribution in [3.05, 3.63) is 40.7 Å². The van der Waals surface area contributed by atoms with E-state index in [2.05, 4.69) is 4.98 Å².